The first kappa shape index (κ1) is 15.1. The van der Waals surface area contributed by atoms with Crippen molar-refractivity contribution in [2.45, 2.75) is 20.0 Å². The van der Waals surface area contributed by atoms with E-state index in [0.717, 1.165) is 22.4 Å². The van der Waals surface area contributed by atoms with E-state index in [2.05, 4.69) is 10.6 Å². The third kappa shape index (κ3) is 4.33. The van der Waals surface area contributed by atoms with Crippen molar-refractivity contribution in [3.05, 3.63) is 65.2 Å². The molecule has 2 amide bonds. The Morgan fingerprint density at radius 1 is 1.14 bits per heavy atom. The molecule has 0 saturated carbocycles. The van der Waals surface area contributed by atoms with Crippen LogP contribution in [-0.4, -0.2) is 17.7 Å². The highest BCUT2D eigenvalue weighted by molar-refractivity contribution is 5.90. The fourth-order valence-electron chi connectivity index (χ4n) is 2.02. The summed E-state index contributed by atoms with van der Waals surface area (Å²) in [4.78, 5) is 11.9. The van der Waals surface area contributed by atoms with Crippen molar-refractivity contribution in [1.29, 1.82) is 0 Å². The summed E-state index contributed by atoms with van der Waals surface area (Å²) in [6.45, 7) is 4.08. The Morgan fingerprint density at radius 3 is 2.57 bits per heavy atom. The summed E-state index contributed by atoms with van der Waals surface area (Å²) in [5, 5.41) is 15.5. The monoisotopic (exact) mass is 284 g/mol. The predicted molar refractivity (Wildman–Crippen MR) is 84.3 cm³/mol. The van der Waals surface area contributed by atoms with Gasteiger partial charge < -0.3 is 15.7 Å². The van der Waals surface area contributed by atoms with E-state index < -0.39 is 6.10 Å². The largest absolute Gasteiger partial charge is 0.387 e. The number of anilines is 1. The van der Waals surface area contributed by atoms with Gasteiger partial charge in [-0.1, -0.05) is 42.5 Å². The van der Waals surface area contributed by atoms with Crippen molar-refractivity contribution in [3.8, 4) is 0 Å². The van der Waals surface area contributed by atoms with Gasteiger partial charge in [0, 0.05) is 12.2 Å². The molecule has 1 atom stereocenters. The van der Waals surface area contributed by atoms with E-state index in [4.69, 9.17) is 0 Å². The average molecular weight is 284 g/mol. The Bertz CT molecular complexity index is 611. The number of carbonyl (C=O) groups is 1. The van der Waals surface area contributed by atoms with Gasteiger partial charge in [0.1, 0.15) is 0 Å². The summed E-state index contributed by atoms with van der Waals surface area (Å²) in [6, 6.07) is 14.8. The lowest BCUT2D eigenvalue weighted by Crippen LogP contribution is -2.32. The summed E-state index contributed by atoms with van der Waals surface area (Å²) < 4.78 is 0. The smallest absolute Gasteiger partial charge is 0.319 e. The Hall–Kier alpha value is -2.33. The molecule has 0 radical (unpaired) electrons. The molecular formula is C17H20N2O2. The minimum absolute atomic E-state index is 0.167. The second-order valence-electron chi connectivity index (χ2n) is 5.08. The molecular weight excluding hydrogens is 264 g/mol. The van der Waals surface area contributed by atoms with Crippen molar-refractivity contribution in [2.75, 3.05) is 11.9 Å². The first-order chi connectivity index (χ1) is 10.1. The number of hydrogen-bond acceptors (Lipinski definition) is 2. The van der Waals surface area contributed by atoms with Crippen LogP contribution in [0.4, 0.5) is 10.5 Å². The van der Waals surface area contributed by atoms with Crippen LogP contribution in [0.1, 0.15) is 22.8 Å². The second kappa shape index (κ2) is 6.90. The molecule has 0 aliphatic rings. The molecule has 0 unspecified atom stereocenters. The van der Waals surface area contributed by atoms with E-state index in [1.807, 2.05) is 62.4 Å². The van der Waals surface area contributed by atoms with Crippen molar-refractivity contribution in [3.63, 3.8) is 0 Å². The number of benzene rings is 2. The van der Waals surface area contributed by atoms with E-state index in [1.165, 1.54) is 0 Å². The summed E-state index contributed by atoms with van der Waals surface area (Å²) in [7, 11) is 0. The maximum atomic E-state index is 11.9. The number of amides is 2. The summed E-state index contributed by atoms with van der Waals surface area (Å²) in [6.07, 6.45) is -0.712. The number of hydrogen-bond donors (Lipinski definition) is 3. The summed E-state index contributed by atoms with van der Waals surface area (Å²) in [5.41, 5.74) is 3.64. The van der Waals surface area contributed by atoms with Gasteiger partial charge in [-0.2, -0.15) is 0 Å². The van der Waals surface area contributed by atoms with E-state index >= 15 is 0 Å². The van der Waals surface area contributed by atoms with Gasteiger partial charge >= 0.3 is 6.03 Å². The number of aliphatic hydroxyl groups is 1. The van der Waals surface area contributed by atoms with Gasteiger partial charge in [0.15, 0.2) is 0 Å². The maximum Gasteiger partial charge on any atom is 0.319 e. The van der Waals surface area contributed by atoms with Crippen LogP contribution >= 0.6 is 0 Å². The van der Waals surface area contributed by atoms with Crippen molar-refractivity contribution < 1.29 is 9.90 Å². The lowest BCUT2D eigenvalue weighted by atomic mass is 10.1. The molecule has 2 rings (SSSR count). The molecule has 0 aliphatic heterocycles. The van der Waals surface area contributed by atoms with Crippen LogP contribution < -0.4 is 10.6 Å². The van der Waals surface area contributed by atoms with Gasteiger partial charge in [-0.15, -0.1) is 0 Å². The molecule has 0 spiro atoms. The third-order valence-electron chi connectivity index (χ3n) is 3.28. The summed E-state index contributed by atoms with van der Waals surface area (Å²) >= 11 is 0. The molecule has 0 aliphatic carbocycles. The molecule has 0 heterocycles. The Balaban J connectivity index is 1.89. The van der Waals surface area contributed by atoms with Crippen molar-refractivity contribution in [2.24, 2.45) is 0 Å². The fourth-order valence-corrected chi connectivity index (χ4v) is 2.02. The zero-order valence-corrected chi connectivity index (χ0v) is 12.3. The minimum atomic E-state index is -0.712. The lowest BCUT2D eigenvalue weighted by Gasteiger charge is -2.14. The van der Waals surface area contributed by atoms with E-state index in [1.54, 1.807) is 0 Å². The van der Waals surface area contributed by atoms with Crippen molar-refractivity contribution >= 4 is 11.7 Å². The number of aryl methyl sites for hydroxylation is 2. The Kier molecular flexibility index (Phi) is 4.95. The number of aliphatic hydroxyl groups excluding tert-OH is 1. The molecule has 4 heteroatoms. The van der Waals surface area contributed by atoms with Gasteiger partial charge in [-0.25, -0.2) is 4.79 Å². The molecule has 0 saturated heterocycles. The first-order valence-electron chi connectivity index (χ1n) is 6.91. The minimum Gasteiger partial charge on any atom is -0.387 e. The highest BCUT2D eigenvalue weighted by Gasteiger charge is 2.09. The molecule has 4 nitrogen and oxygen atoms in total. The van der Waals surface area contributed by atoms with Gasteiger partial charge in [-0.3, -0.25) is 0 Å². The standard InChI is InChI=1S/C17H20N2O2/c1-12-8-9-13(2)15(10-12)19-17(21)18-11-16(20)14-6-4-3-5-7-14/h3-10,16,20H,11H2,1-2H3,(H2,18,19,21)/t16-/m1/s1. The molecule has 0 fully saturated rings. The maximum absolute atomic E-state index is 11.9. The first-order valence-corrected chi connectivity index (χ1v) is 6.91. The van der Waals surface area contributed by atoms with Crippen LogP contribution in [0.3, 0.4) is 0 Å². The highest BCUT2D eigenvalue weighted by atomic mass is 16.3. The average Bonchev–Trinajstić information content (AvgIpc) is 2.49. The molecule has 0 bridgehead atoms. The number of urea groups is 1. The Morgan fingerprint density at radius 2 is 1.86 bits per heavy atom. The third-order valence-corrected chi connectivity index (χ3v) is 3.28. The van der Waals surface area contributed by atoms with E-state index in [0.29, 0.717) is 0 Å². The van der Waals surface area contributed by atoms with Crippen LogP contribution in [0.2, 0.25) is 0 Å². The summed E-state index contributed by atoms with van der Waals surface area (Å²) in [5.74, 6) is 0. The molecule has 2 aromatic carbocycles. The van der Waals surface area contributed by atoms with Crippen LogP contribution in [0, 0.1) is 13.8 Å². The second-order valence-corrected chi connectivity index (χ2v) is 5.08. The van der Waals surface area contributed by atoms with E-state index in [-0.39, 0.29) is 12.6 Å². The molecule has 21 heavy (non-hydrogen) atoms. The molecule has 110 valence electrons. The number of carbonyl (C=O) groups excluding carboxylic acids is 1. The quantitative estimate of drug-likeness (QED) is 0.807. The van der Waals surface area contributed by atoms with Crippen LogP contribution in [0.5, 0.6) is 0 Å². The zero-order chi connectivity index (χ0) is 15.2. The highest BCUT2D eigenvalue weighted by Crippen LogP contribution is 2.16. The topological polar surface area (TPSA) is 61.4 Å². The van der Waals surface area contributed by atoms with Crippen LogP contribution in [0.15, 0.2) is 48.5 Å². The van der Waals surface area contributed by atoms with Gasteiger partial charge in [0.05, 0.1) is 6.10 Å². The van der Waals surface area contributed by atoms with E-state index in [9.17, 15) is 9.90 Å². The number of nitrogens with one attached hydrogen (secondary N) is 2. The number of rotatable bonds is 4. The fraction of sp³-hybridized carbons (Fsp3) is 0.235. The molecule has 0 aromatic heterocycles. The van der Waals surface area contributed by atoms with Gasteiger partial charge in [0.2, 0.25) is 0 Å². The van der Waals surface area contributed by atoms with Crippen LogP contribution in [-0.2, 0) is 0 Å². The normalized spacial score (nSPS) is 11.8. The molecule has 2 aromatic rings. The predicted octanol–water partition coefficient (Wildman–Crippen LogP) is 3.16. The lowest BCUT2D eigenvalue weighted by molar-refractivity contribution is 0.175. The molecule has 3 N–H and O–H groups in total. The van der Waals surface area contributed by atoms with Crippen LogP contribution in [0.25, 0.3) is 0 Å². The SMILES string of the molecule is Cc1ccc(C)c(NC(=O)NC[C@@H](O)c2ccccc2)c1. The van der Waals surface area contributed by atoms with Gasteiger partial charge in [0.25, 0.3) is 0 Å². The Labute approximate surface area is 124 Å². The van der Waals surface area contributed by atoms with Gasteiger partial charge in [-0.05, 0) is 36.6 Å². The van der Waals surface area contributed by atoms with Crippen molar-refractivity contribution in [1.82, 2.24) is 5.32 Å². The zero-order valence-electron chi connectivity index (χ0n) is 12.3.